The van der Waals surface area contributed by atoms with Crippen molar-refractivity contribution in [2.75, 3.05) is 13.1 Å². The zero-order valence-electron chi connectivity index (χ0n) is 17.0. The summed E-state index contributed by atoms with van der Waals surface area (Å²) >= 11 is 0. The fourth-order valence-corrected chi connectivity index (χ4v) is 2.41. The highest BCUT2D eigenvalue weighted by molar-refractivity contribution is 5.76. The maximum atomic E-state index is 11.9. The summed E-state index contributed by atoms with van der Waals surface area (Å²) in [5, 5.41) is 5.47. The fraction of sp³-hybridized carbons (Fsp3) is 0.476. The number of amides is 2. The number of rotatable bonds is 8. The summed E-state index contributed by atoms with van der Waals surface area (Å²) in [4.78, 5) is 27.7. The van der Waals surface area contributed by atoms with E-state index in [0.29, 0.717) is 44.0 Å². The van der Waals surface area contributed by atoms with E-state index in [0.717, 1.165) is 5.56 Å². The summed E-state index contributed by atoms with van der Waals surface area (Å²) in [7, 11) is 0. The van der Waals surface area contributed by atoms with Gasteiger partial charge in [-0.1, -0.05) is 29.8 Å². The van der Waals surface area contributed by atoms with Crippen molar-refractivity contribution >= 4 is 12.0 Å². The van der Waals surface area contributed by atoms with Gasteiger partial charge in [0.2, 0.25) is 5.91 Å². The van der Waals surface area contributed by atoms with E-state index >= 15 is 0 Å². The first-order valence-corrected chi connectivity index (χ1v) is 9.48. The fourth-order valence-electron chi connectivity index (χ4n) is 2.41. The zero-order chi connectivity index (χ0) is 20.6. The van der Waals surface area contributed by atoms with E-state index in [1.54, 1.807) is 6.20 Å². The number of hydrogen-bond donors (Lipinski definition) is 2. The molecule has 1 heterocycles. The van der Waals surface area contributed by atoms with E-state index < -0.39 is 11.7 Å². The van der Waals surface area contributed by atoms with Gasteiger partial charge in [-0.05, 0) is 34.1 Å². The van der Waals surface area contributed by atoms with Crippen LogP contribution in [0.4, 0.5) is 4.79 Å². The predicted molar refractivity (Wildman–Crippen MR) is 107 cm³/mol. The van der Waals surface area contributed by atoms with E-state index in [1.807, 2.05) is 52.0 Å². The summed E-state index contributed by atoms with van der Waals surface area (Å²) in [5.74, 6) is 1.16. The van der Waals surface area contributed by atoms with E-state index in [1.165, 1.54) is 5.56 Å². The molecule has 0 fully saturated rings. The Kier molecular flexibility index (Phi) is 7.61. The lowest BCUT2D eigenvalue weighted by Gasteiger charge is -2.19. The maximum Gasteiger partial charge on any atom is 0.407 e. The average Bonchev–Trinajstić information content (AvgIpc) is 3.08. The van der Waals surface area contributed by atoms with Gasteiger partial charge >= 0.3 is 6.09 Å². The first-order chi connectivity index (χ1) is 13.2. The summed E-state index contributed by atoms with van der Waals surface area (Å²) in [6.07, 6.45) is 2.59. The van der Waals surface area contributed by atoms with Crippen LogP contribution in [0.1, 0.15) is 45.1 Å². The van der Waals surface area contributed by atoms with Crippen molar-refractivity contribution in [3.05, 3.63) is 41.9 Å². The van der Waals surface area contributed by atoms with Crippen LogP contribution in [0.3, 0.4) is 0 Å². The first kappa shape index (κ1) is 21.5. The van der Waals surface area contributed by atoms with Crippen LogP contribution < -0.4 is 10.6 Å². The molecular weight excluding hydrogens is 358 g/mol. The summed E-state index contributed by atoms with van der Waals surface area (Å²) in [6, 6.07) is 8.00. The molecule has 2 aromatic rings. The lowest BCUT2D eigenvalue weighted by molar-refractivity contribution is -0.121. The number of benzene rings is 1. The third-order valence-electron chi connectivity index (χ3n) is 3.80. The molecule has 7 nitrogen and oxygen atoms in total. The number of ether oxygens (including phenoxy) is 1. The number of alkyl carbamates (subject to hydrolysis) is 1. The van der Waals surface area contributed by atoms with Crippen LogP contribution >= 0.6 is 0 Å². The number of carbonyl (C=O) groups is 2. The molecule has 152 valence electrons. The number of oxazole rings is 1. The molecule has 1 aromatic carbocycles. The minimum atomic E-state index is -0.516. The molecule has 0 aliphatic rings. The van der Waals surface area contributed by atoms with Gasteiger partial charge in [0.15, 0.2) is 11.7 Å². The lowest BCUT2D eigenvalue weighted by atomic mass is 10.1. The Labute approximate surface area is 165 Å². The van der Waals surface area contributed by atoms with Crippen LogP contribution in [0.15, 0.2) is 34.9 Å². The van der Waals surface area contributed by atoms with Gasteiger partial charge in [-0.3, -0.25) is 4.79 Å². The summed E-state index contributed by atoms with van der Waals surface area (Å²) in [6.45, 7) is 8.38. The lowest BCUT2D eigenvalue weighted by Crippen LogP contribution is -2.34. The highest BCUT2D eigenvalue weighted by atomic mass is 16.6. The van der Waals surface area contributed by atoms with Gasteiger partial charge in [0.05, 0.1) is 6.20 Å². The van der Waals surface area contributed by atoms with Crippen molar-refractivity contribution in [1.82, 2.24) is 15.6 Å². The Bertz CT molecular complexity index is 776. The molecule has 0 unspecified atom stereocenters. The molecular formula is C21H29N3O4. The second-order valence-electron chi connectivity index (χ2n) is 7.62. The quantitative estimate of drug-likeness (QED) is 0.675. The molecule has 0 atom stereocenters. The average molecular weight is 387 g/mol. The molecule has 0 saturated heterocycles. The largest absolute Gasteiger partial charge is 0.444 e. The third-order valence-corrected chi connectivity index (χ3v) is 3.80. The third kappa shape index (κ3) is 7.82. The standard InChI is InChI=1S/C21H29N3O4/c1-15-6-8-16(9-7-15)17-14-24-19(27-17)11-10-18(25)22-12-5-13-23-20(26)28-21(2,3)4/h6-9,14H,5,10-13H2,1-4H3,(H,22,25)(H,23,26). The van der Waals surface area contributed by atoms with Crippen molar-refractivity contribution in [3.63, 3.8) is 0 Å². The Balaban J connectivity index is 1.63. The van der Waals surface area contributed by atoms with Gasteiger partial charge < -0.3 is 19.8 Å². The van der Waals surface area contributed by atoms with E-state index in [-0.39, 0.29) is 5.91 Å². The van der Waals surface area contributed by atoms with Crippen LogP contribution in [0, 0.1) is 6.92 Å². The molecule has 2 amide bonds. The van der Waals surface area contributed by atoms with Crippen LogP contribution in [0.2, 0.25) is 0 Å². The van der Waals surface area contributed by atoms with Crippen LogP contribution in [0.25, 0.3) is 11.3 Å². The smallest absolute Gasteiger partial charge is 0.407 e. The van der Waals surface area contributed by atoms with Gasteiger partial charge in [-0.15, -0.1) is 0 Å². The predicted octanol–water partition coefficient (Wildman–Crippen LogP) is 3.61. The Morgan fingerprint density at radius 3 is 2.46 bits per heavy atom. The minimum Gasteiger partial charge on any atom is -0.444 e. The van der Waals surface area contributed by atoms with Gasteiger partial charge in [0.1, 0.15) is 5.60 Å². The van der Waals surface area contributed by atoms with Crippen molar-refractivity contribution in [1.29, 1.82) is 0 Å². The van der Waals surface area contributed by atoms with Crippen molar-refractivity contribution < 1.29 is 18.7 Å². The molecule has 0 bridgehead atoms. The molecule has 0 saturated carbocycles. The topological polar surface area (TPSA) is 93.5 Å². The molecule has 2 N–H and O–H groups in total. The molecule has 0 radical (unpaired) electrons. The number of hydrogen-bond acceptors (Lipinski definition) is 5. The Morgan fingerprint density at radius 1 is 1.11 bits per heavy atom. The van der Waals surface area contributed by atoms with Crippen LogP contribution in [-0.4, -0.2) is 35.7 Å². The Morgan fingerprint density at radius 2 is 1.79 bits per heavy atom. The SMILES string of the molecule is Cc1ccc(-c2cnc(CCC(=O)NCCCNC(=O)OC(C)(C)C)o2)cc1. The summed E-state index contributed by atoms with van der Waals surface area (Å²) in [5.41, 5.74) is 1.63. The van der Waals surface area contributed by atoms with Crippen molar-refractivity contribution in [3.8, 4) is 11.3 Å². The van der Waals surface area contributed by atoms with Crippen molar-refractivity contribution in [2.45, 2.75) is 52.6 Å². The monoisotopic (exact) mass is 387 g/mol. The van der Waals surface area contributed by atoms with Crippen LogP contribution in [-0.2, 0) is 16.0 Å². The van der Waals surface area contributed by atoms with E-state index in [9.17, 15) is 9.59 Å². The van der Waals surface area contributed by atoms with Gasteiger partial charge in [0, 0.05) is 31.5 Å². The van der Waals surface area contributed by atoms with Crippen LogP contribution in [0.5, 0.6) is 0 Å². The maximum absolute atomic E-state index is 11.9. The highest BCUT2D eigenvalue weighted by Crippen LogP contribution is 2.21. The minimum absolute atomic E-state index is 0.0765. The summed E-state index contributed by atoms with van der Waals surface area (Å²) < 4.78 is 10.9. The molecule has 0 aliphatic heterocycles. The van der Waals surface area contributed by atoms with Gasteiger partial charge in [-0.25, -0.2) is 9.78 Å². The number of nitrogens with one attached hydrogen (secondary N) is 2. The van der Waals surface area contributed by atoms with E-state index in [2.05, 4.69) is 15.6 Å². The number of nitrogens with zero attached hydrogens (tertiary/aromatic N) is 1. The molecule has 0 spiro atoms. The van der Waals surface area contributed by atoms with Gasteiger partial charge in [0.25, 0.3) is 0 Å². The second kappa shape index (κ2) is 9.92. The Hall–Kier alpha value is -2.83. The first-order valence-electron chi connectivity index (χ1n) is 9.48. The molecule has 0 aliphatic carbocycles. The van der Waals surface area contributed by atoms with Gasteiger partial charge in [-0.2, -0.15) is 0 Å². The number of aromatic nitrogens is 1. The second-order valence-corrected chi connectivity index (χ2v) is 7.62. The van der Waals surface area contributed by atoms with E-state index in [4.69, 9.17) is 9.15 Å². The molecule has 1 aromatic heterocycles. The normalized spacial score (nSPS) is 11.1. The highest BCUT2D eigenvalue weighted by Gasteiger charge is 2.15. The number of carbonyl (C=O) groups excluding carboxylic acids is 2. The molecule has 28 heavy (non-hydrogen) atoms. The number of aryl methyl sites for hydroxylation is 2. The van der Waals surface area contributed by atoms with Crippen molar-refractivity contribution in [2.24, 2.45) is 0 Å². The zero-order valence-corrected chi connectivity index (χ0v) is 17.0. The molecule has 7 heteroatoms. The molecule has 2 rings (SSSR count).